The summed E-state index contributed by atoms with van der Waals surface area (Å²) in [7, 11) is 0. The minimum atomic E-state index is -0.401. The molecule has 0 aromatic rings. The molecule has 0 bridgehead atoms. The minimum Gasteiger partial charge on any atom is -0.393 e. The summed E-state index contributed by atoms with van der Waals surface area (Å²) in [6.45, 7) is 4.46. The Labute approximate surface area is 197 Å². The number of hydrogen-bond donors (Lipinski definition) is 2. The van der Waals surface area contributed by atoms with E-state index >= 15 is 0 Å². The third-order valence-corrected chi connectivity index (χ3v) is 9.15. The number of unbranched alkanes of at least 4 members (excludes halogenated alkanes) is 6. The Balaban J connectivity index is 1.72. The highest BCUT2D eigenvalue weighted by Gasteiger charge is 2.64. The Kier molecular flexibility index (Phi) is 10.3. The Morgan fingerprint density at radius 3 is 2.34 bits per heavy atom. The molecule has 6 atom stereocenters. The second kappa shape index (κ2) is 12.7. The largest absolute Gasteiger partial charge is 0.393 e. The van der Waals surface area contributed by atoms with Gasteiger partial charge >= 0.3 is 0 Å². The molecule has 0 aromatic heterocycles. The predicted molar refractivity (Wildman–Crippen MR) is 132 cm³/mol. The highest BCUT2D eigenvalue weighted by atomic mass is 16.3. The van der Waals surface area contributed by atoms with E-state index in [0.717, 1.165) is 51.4 Å². The molecule has 184 valence electrons. The number of ketones is 1. The molecule has 0 spiro atoms. The minimum absolute atomic E-state index is 0.0297. The van der Waals surface area contributed by atoms with E-state index in [1.807, 2.05) is 6.08 Å². The maximum atomic E-state index is 13.5. The zero-order valence-electron chi connectivity index (χ0n) is 20.9. The summed E-state index contributed by atoms with van der Waals surface area (Å²) in [6, 6.07) is 0. The Morgan fingerprint density at radius 1 is 0.969 bits per heavy atom. The van der Waals surface area contributed by atoms with E-state index in [1.165, 1.54) is 57.8 Å². The van der Waals surface area contributed by atoms with E-state index in [9.17, 15) is 15.0 Å². The molecule has 3 aliphatic carbocycles. The van der Waals surface area contributed by atoms with Crippen molar-refractivity contribution in [3.8, 4) is 0 Å². The predicted octanol–water partition coefficient (Wildman–Crippen LogP) is 7.00. The summed E-state index contributed by atoms with van der Waals surface area (Å²) in [4.78, 5) is 13.5. The van der Waals surface area contributed by atoms with Crippen molar-refractivity contribution in [2.24, 2.45) is 29.1 Å². The summed E-state index contributed by atoms with van der Waals surface area (Å²) in [5, 5.41) is 21.8. The van der Waals surface area contributed by atoms with Gasteiger partial charge in [-0.1, -0.05) is 96.6 Å². The maximum Gasteiger partial charge on any atom is 0.142 e. The first kappa shape index (κ1) is 25.9. The van der Waals surface area contributed by atoms with Crippen LogP contribution in [0.1, 0.15) is 123 Å². The fourth-order valence-electron chi connectivity index (χ4n) is 7.26. The molecule has 3 nitrogen and oxygen atoms in total. The summed E-state index contributed by atoms with van der Waals surface area (Å²) in [5.74, 6) is 1.30. The van der Waals surface area contributed by atoms with Crippen LogP contribution in [-0.2, 0) is 4.79 Å². The van der Waals surface area contributed by atoms with E-state index in [0.29, 0.717) is 11.7 Å². The van der Waals surface area contributed by atoms with E-state index in [-0.39, 0.29) is 29.3 Å². The number of fused-ring (bicyclic) bond motifs is 1. The molecule has 1 unspecified atom stereocenters. The number of Topliss-reactive ketones (excluding diaryl/α,β-unsaturated/α-hetero) is 1. The Bertz CT molecular complexity index is 593. The molecule has 3 fully saturated rings. The maximum absolute atomic E-state index is 13.5. The van der Waals surface area contributed by atoms with Gasteiger partial charge in [0.1, 0.15) is 5.78 Å². The topological polar surface area (TPSA) is 57.5 Å². The number of carbonyl (C=O) groups excluding carboxylic acids is 1. The van der Waals surface area contributed by atoms with Crippen LogP contribution < -0.4 is 0 Å². The third kappa shape index (κ3) is 5.87. The second-order valence-electron chi connectivity index (χ2n) is 11.3. The zero-order valence-corrected chi connectivity index (χ0v) is 20.9. The highest BCUT2D eigenvalue weighted by Crippen LogP contribution is 2.62. The lowest BCUT2D eigenvalue weighted by atomic mass is 9.42. The molecule has 3 aliphatic rings. The molecule has 3 heteroatoms. The van der Waals surface area contributed by atoms with Crippen molar-refractivity contribution in [2.45, 2.75) is 135 Å². The summed E-state index contributed by atoms with van der Waals surface area (Å²) >= 11 is 0. The van der Waals surface area contributed by atoms with Gasteiger partial charge in [0.25, 0.3) is 0 Å². The van der Waals surface area contributed by atoms with Crippen LogP contribution in [0.5, 0.6) is 0 Å². The number of carbonyl (C=O) groups is 1. The summed E-state index contributed by atoms with van der Waals surface area (Å²) < 4.78 is 0. The molecule has 0 aromatic carbocycles. The normalized spacial score (nSPS) is 34.4. The lowest BCUT2D eigenvalue weighted by Gasteiger charge is -2.60. The van der Waals surface area contributed by atoms with Crippen LogP contribution in [0.15, 0.2) is 12.2 Å². The molecule has 0 saturated heterocycles. The van der Waals surface area contributed by atoms with Crippen LogP contribution in [0.4, 0.5) is 0 Å². The van der Waals surface area contributed by atoms with Gasteiger partial charge in [-0.2, -0.15) is 0 Å². The molecule has 2 N–H and O–H groups in total. The Hall–Kier alpha value is -0.670. The number of aliphatic hydroxyl groups excluding tert-OH is 2. The fourth-order valence-corrected chi connectivity index (χ4v) is 7.26. The standard InChI is InChI=1S/C29H50O3/c1-3-5-7-12-16-24-27-23(17-18-25(30)22-14-10-9-11-15-22)26(31)19-21-29(27,28(24)32)20-13-8-6-4-2/h17-18,22-27,30-31H,3-16,19-21H2,1-2H3/b18-17+/t23-,24?,25+,26+,27-,29-/m0/s1. The fraction of sp³-hybridized carbons (Fsp3) is 0.897. The lowest BCUT2D eigenvalue weighted by molar-refractivity contribution is -0.178. The van der Waals surface area contributed by atoms with Crippen LogP contribution >= 0.6 is 0 Å². The molecule has 32 heavy (non-hydrogen) atoms. The quantitative estimate of drug-likeness (QED) is 0.237. The molecular formula is C29H50O3. The molecule has 0 amide bonds. The molecule has 0 heterocycles. The third-order valence-electron chi connectivity index (χ3n) is 9.15. The van der Waals surface area contributed by atoms with Gasteiger partial charge in [-0.25, -0.2) is 0 Å². The van der Waals surface area contributed by atoms with Gasteiger partial charge in [-0.15, -0.1) is 0 Å². The van der Waals surface area contributed by atoms with Crippen LogP contribution in [0, 0.1) is 29.1 Å². The first-order chi connectivity index (χ1) is 15.5. The average molecular weight is 447 g/mol. The van der Waals surface area contributed by atoms with Crippen molar-refractivity contribution in [1.29, 1.82) is 0 Å². The lowest BCUT2D eigenvalue weighted by Crippen LogP contribution is -2.64. The van der Waals surface area contributed by atoms with Gasteiger partial charge in [-0.05, 0) is 50.4 Å². The van der Waals surface area contributed by atoms with Crippen molar-refractivity contribution in [3.63, 3.8) is 0 Å². The van der Waals surface area contributed by atoms with Crippen molar-refractivity contribution in [1.82, 2.24) is 0 Å². The van der Waals surface area contributed by atoms with Crippen molar-refractivity contribution in [2.75, 3.05) is 0 Å². The van der Waals surface area contributed by atoms with Gasteiger partial charge in [0.05, 0.1) is 12.2 Å². The van der Waals surface area contributed by atoms with Crippen molar-refractivity contribution in [3.05, 3.63) is 12.2 Å². The Morgan fingerprint density at radius 2 is 1.66 bits per heavy atom. The first-order valence-corrected chi connectivity index (χ1v) is 14.1. The first-order valence-electron chi connectivity index (χ1n) is 14.1. The number of rotatable bonds is 13. The van der Waals surface area contributed by atoms with Gasteiger partial charge in [0, 0.05) is 17.3 Å². The molecule has 0 aliphatic heterocycles. The van der Waals surface area contributed by atoms with E-state index in [1.54, 1.807) is 0 Å². The van der Waals surface area contributed by atoms with E-state index < -0.39 is 6.10 Å². The monoisotopic (exact) mass is 446 g/mol. The number of hydrogen-bond acceptors (Lipinski definition) is 3. The van der Waals surface area contributed by atoms with Crippen molar-refractivity contribution >= 4 is 5.78 Å². The van der Waals surface area contributed by atoms with Crippen LogP contribution in [0.25, 0.3) is 0 Å². The van der Waals surface area contributed by atoms with Crippen LogP contribution in [0.2, 0.25) is 0 Å². The van der Waals surface area contributed by atoms with Gasteiger partial charge < -0.3 is 10.2 Å². The van der Waals surface area contributed by atoms with E-state index in [4.69, 9.17) is 0 Å². The van der Waals surface area contributed by atoms with Gasteiger partial charge in [-0.3, -0.25) is 4.79 Å². The van der Waals surface area contributed by atoms with E-state index in [2.05, 4.69) is 19.9 Å². The van der Waals surface area contributed by atoms with Crippen LogP contribution in [0.3, 0.4) is 0 Å². The number of aliphatic hydroxyl groups is 2. The SMILES string of the molecule is CCCCCCC1C(=O)[C@@]2(CCCCCC)CC[C@@H](O)[C@H](/C=C/[C@@H](O)C3CCCCC3)[C@@H]12. The average Bonchev–Trinajstić information content (AvgIpc) is 2.82. The van der Waals surface area contributed by atoms with Gasteiger partial charge in [0.2, 0.25) is 0 Å². The molecule has 0 radical (unpaired) electrons. The summed E-state index contributed by atoms with van der Waals surface area (Å²) in [6.07, 6.45) is 22.5. The highest BCUT2D eigenvalue weighted by molar-refractivity contribution is 5.94. The molecule has 3 saturated carbocycles. The summed E-state index contributed by atoms with van der Waals surface area (Å²) in [5.41, 5.74) is -0.201. The van der Waals surface area contributed by atoms with Crippen LogP contribution in [-0.4, -0.2) is 28.2 Å². The molecule has 3 rings (SSSR count). The second-order valence-corrected chi connectivity index (χ2v) is 11.3. The zero-order chi connectivity index (χ0) is 23.0. The smallest absolute Gasteiger partial charge is 0.142 e. The molecular weight excluding hydrogens is 396 g/mol. The van der Waals surface area contributed by atoms with Gasteiger partial charge in [0.15, 0.2) is 0 Å². The van der Waals surface area contributed by atoms with Crippen molar-refractivity contribution < 1.29 is 15.0 Å².